The van der Waals surface area contributed by atoms with Crippen LogP contribution in [-0.4, -0.2) is 49.7 Å². The van der Waals surface area contributed by atoms with Gasteiger partial charge in [0.25, 0.3) is 0 Å². The lowest BCUT2D eigenvalue weighted by molar-refractivity contribution is -0.131. The molecule has 1 aliphatic heterocycles. The molecule has 0 aromatic heterocycles. The highest BCUT2D eigenvalue weighted by Crippen LogP contribution is 2.13. The minimum Gasteiger partial charge on any atom is -0.376 e. The van der Waals surface area contributed by atoms with Crippen LogP contribution in [0.15, 0.2) is 0 Å². The lowest BCUT2D eigenvalue weighted by Crippen LogP contribution is -2.38. The fourth-order valence-corrected chi connectivity index (χ4v) is 2.03. The molecule has 1 aliphatic rings. The van der Waals surface area contributed by atoms with Crippen LogP contribution in [0.4, 0.5) is 0 Å². The first-order valence-electron chi connectivity index (χ1n) is 6.22. The first-order valence-corrected chi connectivity index (χ1v) is 6.22. The standard InChI is InChI=1S/C12H24N2O2/c1-4-13-10(2)8-12(15)14(3)9-11-6-5-7-16-11/h10-11,13H,4-9H2,1-3H3. The van der Waals surface area contributed by atoms with Crippen molar-refractivity contribution in [3.63, 3.8) is 0 Å². The molecule has 0 aromatic rings. The summed E-state index contributed by atoms with van der Waals surface area (Å²) in [6.45, 7) is 6.58. The monoisotopic (exact) mass is 228 g/mol. The Kier molecular flexibility index (Phi) is 5.77. The Balaban J connectivity index is 2.23. The number of rotatable bonds is 6. The molecule has 0 aromatic carbocycles. The Labute approximate surface area is 98.3 Å². The maximum Gasteiger partial charge on any atom is 0.223 e. The first-order chi connectivity index (χ1) is 7.63. The van der Waals surface area contributed by atoms with Gasteiger partial charge in [-0.05, 0) is 26.3 Å². The lowest BCUT2D eigenvalue weighted by atomic mass is 10.2. The molecule has 2 unspecified atom stereocenters. The second kappa shape index (κ2) is 6.86. The first kappa shape index (κ1) is 13.5. The third-order valence-corrected chi connectivity index (χ3v) is 2.96. The van der Waals surface area contributed by atoms with Crippen molar-refractivity contribution < 1.29 is 9.53 Å². The van der Waals surface area contributed by atoms with Crippen LogP contribution in [0.1, 0.15) is 33.1 Å². The van der Waals surface area contributed by atoms with Gasteiger partial charge in [0.2, 0.25) is 5.91 Å². The van der Waals surface area contributed by atoms with E-state index in [-0.39, 0.29) is 18.1 Å². The summed E-state index contributed by atoms with van der Waals surface area (Å²) in [5.41, 5.74) is 0. The van der Waals surface area contributed by atoms with Crippen molar-refractivity contribution in [2.75, 3.05) is 26.7 Å². The molecule has 1 N–H and O–H groups in total. The van der Waals surface area contributed by atoms with Crippen molar-refractivity contribution in [2.45, 2.75) is 45.3 Å². The number of nitrogens with one attached hydrogen (secondary N) is 1. The molecule has 2 atom stereocenters. The number of likely N-dealkylation sites (N-methyl/N-ethyl adjacent to an activating group) is 1. The van der Waals surface area contributed by atoms with Crippen LogP contribution in [0.3, 0.4) is 0 Å². The molecule has 16 heavy (non-hydrogen) atoms. The number of hydrogen-bond donors (Lipinski definition) is 1. The molecule has 0 saturated carbocycles. The highest BCUT2D eigenvalue weighted by Gasteiger charge is 2.20. The van der Waals surface area contributed by atoms with Gasteiger partial charge in [0.15, 0.2) is 0 Å². The summed E-state index contributed by atoms with van der Waals surface area (Å²) in [5, 5.41) is 3.25. The van der Waals surface area contributed by atoms with Gasteiger partial charge in [0.05, 0.1) is 6.10 Å². The summed E-state index contributed by atoms with van der Waals surface area (Å²) in [4.78, 5) is 13.6. The summed E-state index contributed by atoms with van der Waals surface area (Å²) in [6, 6.07) is 0.254. The van der Waals surface area contributed by atoms with Gasteiger partial charge in [0.1, 0.15) is 0 Å². The smallest absolute Gasteiger partial charge is 0.223 e. The van der Waals surface area contributed by atoms with Crippen molar-refractivity contribution in [2.24, 2.45) is 0 Å². The molecule has 0 radical (unpaired) electrons. The molecule has 94 valence electrons. The summed E-state index contributed by atoms with van der Waals surface area (Å²) in [5.74, 6) is 0.198. The fraction of sp³-hybridized carbons (Fsp3) is 0.917. The van der Waals surface area contributed by atoms with Crippen LogP contribution < -0.4 is 5.32 Å². The zero-order chi connectivity index (χ0) is 12.0. The van der Waals surface area contributed by atoms with E-state index in [0.29, 0.717) is 6.42 Å². The Morgan fingerprint density at radius 1 is 1.62 bits per heavy atom. The zero-order valence-corrected chi connectivity index (χ0v) is 10.7. The molecule has 1 heterocycles. The number of carbonyl (C=O) groups excluding carboxylic acids is 1. The van der Waals surface area contributed by atoms with E-state index in [4.69, 9.17) is 4.74 Å². The van der Waals surface area contributed by atoms with Crippen molar-refractivity contribution >= 4 is 5.91 Å². The molecule has 0 spiro atoms. The number of ether oxygens (including phenoxy) is 1. The van der Waals surface area contributed by atoms with E-state index < -0.39 is 0 Å². The van der Waals surface area contributed by atoms with Crippen LogP contribution in [0.5, 0.6) is 0 Å². The van der Waals surface area contributed by atoms with Gasteiger partial charge in [0, 0.05) is 32.7 Å². The third-order valence-electron chi connectivity index (χ3n) is 2.96. The van der Waals surface area contributed by atoms with Crippen molar-refractivity contribution in [3.8, 4) is 0 Å². The third kappa shape index (κ3) is 4.49. The van der Waals surface area contributed by atoms with Gasteiger partial charge in [-0.1, -0.05) is 6.92 Å². The van der Waals surface area contributed by atoms with E-state index in [1.807, 2.05) is 14.0 Å². The summed E-state index contributed by atoms with van der Waals surface area (Å²) in [6.07, 6.45) is 3.03. The Bertz CT molecular complexity index is 215. The van der Waals surface area contributed by atoms with Crippen molar-refractivity contribution in [1.29, 1.82) is 0 Å². The number of carbonyl (C=O) groups is 1. The average Bonchev–Trinajstić information content (AvgIpc) is 2.70. The van der Waals surface area contributed by atoms with Crippen LogP contribution in [0.25, 0.3) is 0 Å². The quantitative estimate of drug-likeness (QED) is 0.738. The predicted octanol–water partition coefficient (Wildman–Crippen LogP) is 1.01. The molecule has 0 bridgehead atoms. The second-order valence-corrected chi connectivity index (χ2v) is 4.57. The van der Waals surface area contributed by atoms with Crippen LogP contribution in [-0.2, 0) is 9.53 Å². The molecule has 1 saturated heterocycles. The largest absolute Gasteiger partial charge is 0.376 e. The van der Waals surface area contributed by atoms with Crippen LogP contribution in [0.2, 0.25) is 0 Å². The van der Waals surface area contributed by atoms with Crippen LogP contribution >= 0.6 is 0 Å². The minimum atomic E-state index is 0.198. The number of hydrogen-bond acceptors (Lipinski definition) is 3. The summed E-state index contributed by atoms with van der Waals surface area (Å²) >= 11 is 0. The Hall–Kier alpha value is -0.610. The van der Waals surface area contributed by atoms with E-state index in [1.165, 1.54) is 0 Å². The highest BCUT2D eigenvalue weighted by molar-refractivity contribution is 5.76. The van der Waals surface area contributed by atoms with E-state index in [9.17, 15) is 4.79 Å². The SMILES string of the molecule is CCNC(C)CC(=O)N(C)CC1CCCO1. The van der Waals surface area contributed by atoms with Gasteiger partial charge >= 0.3 is 0 Å². The molecule has 0 aliphatic carbocycles. The van der Waals surface area contributed by atoms with Crippen molar-refractivity contribution in [1.82, 2.24) is 10.2 Å². The molecule has 1 rings (SSSR count). The van der Waals surface area contributed by atoms with Gasteiger partial charge < -0.3 is 15.0 Å². The van der Waals surface area contributed by atoms with E-state index >= 15 is 0 Å². The number of nitrogens with zero attached hydrogens (tertiary/aromatic N) is 1. The fourth-order valence-electron chi connectivity index (χ4n) is 2.03. The topological polar surface area (TPSA) is 41.6 Å². The van der Waals surface area contributed by atoms with E-state index in [1.54, 1.807) is 4.90 Å². The Morgan fingerprint density at radius 3 is 2.94 bits per heavy atom. The minimum absolute atomic E-state index is 0.198. The molecule has 4 heteroatoms. The maximum absolute atomic E-state index is 11.8. The van der Waals surface area contributed by atoms with E-state index in [2.05, 4.69) is 12.2 Å². The normalized spacial score (nSPS) is 22.1. The average molecular weight is 228 g/mol. The summed E-state index contributed by atoms with van der Waals surface area (Å²) < 4.78 is 5.52. The molecule has 1 amide bonds. The highest BCUT2D eigenvalue weighted by atomic mass is 16.5. The second-order valence-electron chi connectivity index (χ2n) is 4.57. The molecular weight excluding hydrogens is 204 g/mol. The molecular formula is C12H24N2O2. The lowest BCUT2D eigenvalue weighted by Gasteiger charge is -2.22. The summed E-state index contributed by atoms with van der Waals surface area (Å²) in [7, 11) is 1.86. The van der Waals surface area contributed by atoms with E-state index in [0.717, 1.165) is 32.5 Å². The van der Waals surface area contributed by atoms with Crippen LogP contribution in [0, 0.1) is 0 Å². The Morgan fingerprint density at radius 2 is 2.38 bits per heavy atom. The van der Waals surface area contributed by atoms with Gasteiger partial charge in [-0.3, -0.25) is 4.79 Å². The maximum atomic E-state index is 11.8. The number of amides is 1. The molecule has 1 fully saturated rings. The molecule has 4 nitrogen and oxygen atoms in total. The van der Waals surface area contributed by atoms with Crippen molar-refractivity contribution in [3.05, 3.63) is 0 Å². The zero-order valence-electron chi connectivity index (χ0n) is 10.7. The predicted molar refractivity (Wildman–Crippen MR) is 64.4 cm³/mol. The van der Waals surface area contributed by atoms with Gasteiger partial charge in [-0.15, -0.1) is 0 Å². The van der Waals surface area contributed by atoms with Gasteiger partial charge in [-0.2, -0.15) is 0 Å². The van der Waals surface area contributed by atoms with Gasteiger partial charge in [-0.25, -0.2) is 0 Å².